The summed E-state index contributed by atoms with van der Waals surface area (Å²) in [5.74, 6) is 0.0312. The number of aromatic nitrogens is 2. The van der Waals surface area contributed by atoms with Gasteiger partial charge in [-0.1, -0.05) is 17.4 Å². The average molecular weight is 374 g/mol. The van der Waals surface area contributed by atoms with E-state index in [-0.39, 0.29) is 12.0 Å². The van der Waals surface area contributed by atoms with Gasteiger partial charge < -0.3 is 19.3 Å². The topological polar surface area (TPSA) is 67.8 Å². The summed E-state index contributed by atoms with van der Waals surface area (Å²) in [5, 5.41) is 0.906. The molecular formula is C18H22N4O3S. The molecular weight excluding hydrogens is 352 g/mol. The Hall–Kier alpha value is -2.03. The molecule has 8 heteroatoms. The zero-order chi connectivity index (χ0) is 17.9. The van der Waals surface area contributed by atoms with Gasteiger partial charge in [-0.25, -0.2) is 4.98 Å². The molecule has 1 amide bonds. The van der Waals surface area contributed by atoms with E-state index in [0.717, 1.165) is 29.6 Å². The first-order valence-electron chi connectivity index (χ1n) is 8.84. The zero-order valence-electron chi connectivity index (χ0n) is 14.8. The first kappa shape index (κ1) is 17.4. The highest BCUT2D eigenvalue weighted by molar-refractivity contribution is 7.17. The predicted molar refractivity (Wildman–Crippen MR) is 98.7 cm³/mol. The van der Waals surface area contributed by atoms with E-state index < -0.39 is 0 Å². The smallest absolute Gasteiger partial charge is 0.266 e. The van der Waals surface area contributed by atoms with Crippen LogP contribution >= 0.6 is 11.3 Å². The van der Waals surface area contributed by atoms with E-state index in [4.69, 9.17) is 9.47 Å². The first-order chi connectivity index (χ1) is 12.7. The normalized spacial score (nSPS) is 21.0. The van der Waals surface area contributed by atoms with Gasteiger partial charge in [0.15, 0.2) is 5.13 Å². The lowest BCUT2D eigenvalue weighted by molar-refractivity contribution is -0.0246. The number of rotatable bonds is 3. The number of pyridine rings is 1. The Bertz CT molecular complexity index is 761. The standard InChI is InChI=1S/C18H22N4O3S/c1-13-16(26-18(20-13)21-6-9-24-10-7-21)17(23)22-8-11-25-15(12-22)14-4-2-3-5-19-14/h2-5,15H,6-12H2,1H3. The Labute approximate surface area is 156 Å². The van der Waals surface area contributed by atoms with Gasteiger partial charge in [0.1, 0.15) is 11.0 Å². The van der Waals surface area contributed by atoms with E-state index in [9.17, 15) is 4.79 Å². The second-order valence-corrected chi connectivity index (χ2v) is 7.35. The van der Waals surface area contributed by atoms with Crippen molar-refractivity contribution in [2.24, 2.45) is 0 Å². The lowest BCUT2D eigenvalue weighted by Gasteiger charge is -2.32. The van der Waals surface area contributed by atoms with E-state index in [1.807, 2.05) is 30.0 Å². The molecule has 0 saturated carbocycles. The van der Waals surface area contributed by atoms with Gasteiger partial charge in [-0.15, -0.1) is 0 Å². The Morgan fingerprint density at radius 3 is 2.85 bits per heavy atom. The minimum Gasteiger partial charge on any atom is -0.378 e. The molecule has 0 N–H and O–H groups in total. The van der Waals surface area contributed by atoms with E-state index in [0.29, 0.717) is 37.8 Å². The molecule has 0 aliphatic carbocycles. The summed E-state index contributed by atoms with van der Waals surface area (Å²) in [6.45, 7) is 6.58. The molecule has 2 aliphatic rings. The number of aryl methyl sites for hydroxylation is 1. The predicted octanol–water partition coefficient (Wildman–Crippen LogP) is 1.90. The van der Waals surface area contributed by atoms with Crippen molar-refractivity contribution >= 4 is 22.4 Å². The number of carbonyl (C=O) groups excluding carboxylic acids is 1. The highest BCUT2D eigenvalue weighted by atomic mass is 32.1. The van der Waals surface area contributed by atoms with Crippen LogP contribution < -0.4 is 4.90 Å². The molecule has 0 radical (unpaired) electrons. The number of anilines is 1. The molecule has 7 nitrogen and oxygen atoms in total. The lowest BCUT2D eigenvalue weighted by atomic mass is 10.2. The molecule has 0 bridgehead atoms. The molecule has 2 saturated heterocycles. The van der Waals surface area contributed by atoms with Gasteiger partial charge in [0.25, 0.3) is 5.91 Å². The summed E-state index contributed by atoms with van der Waals surface area (Å²) in [7, 11) is 0. The summed E-state index contributed by atoms with van der Waals surface area (Å²) in [4.78, 5) is 26.8. The van der Waals surface area contributed by atoms with Crippen LogP contribution in [0.5, 0.6) is 0 Å². The van der Waals surface area contributed by atoms with Gasteiger partial charge >= 0.3 is 0 Å². The van der Waals surface area contributed by atoms with Crippen molar-refractivity contribution in [2.75, 3.05) is 50.9 Å². The molecule has 2 fully saturated rings. The van der Waals surface area contributed by atoms with Crippen molar-refractivity contribution in [3.8, 4) is 0 Å². The fraction of sp³-hybridized carbons (Fsp3) is 0.500. The van der Waals surface area contributed by atoms with Gasteiger partial charge in [-0.05, 0) is 19.1 Å². The van der Waals surface area contributed by atoms with Crippen LogP contribution in [0.25, 0.3) is 0 Å². The fourth-order valence-corrected chi connectivity index (χ4v) is 4.28. The van der Waals surface area contributed by atoms with Crippen LogP contribution in [0.4, 0.5) is 5.13 Å². The third kappa shape index (κ3) is 3.58. The van der Waals surface area contributed by atoms with Gasteiger partial charge in [0.2, 0.25) is 0 Å². The van der Waals surface area contributed by atoms with Crippen molar-refractivity contribution in [2.45, 2.75) is 13.0 Å². The molecule has 2 aromatic rings. The minimum absolute atomic E-state index is 0.0312. The molecule has 0 aromatic carbocycles. The van der Waals surface area contributed by atoms with Crippen molar-refractivity contribution < 1.29 is 14.3 Å². The van der Waals surface area contributed by atoms with Gasteiger partial charge in [0, 0.05) is 25.8 Å². The number of hydrogen-bond donors (Lipinski definition) is 0. The number of thiazole rings is 1. The number of ether oxygens (including phenoxy) is 2. The van der Waals surface area contributed by atoms with E-state index in [1.54, 1.807) is 6.20 Å². The molecule has 1 unspecified atom stereocenters. The second-order valence-electron chi connectivity index (χ2n) is 6.38. The minimum atomic E-state index is -0.180. The number of carbonyl (C=O) groups is 1. The second kappa shape index (κ2) is 7.69. The number of hydrogen-bond acceptors (Lipinski definition) is 7. The third-order valence-corrected chi connectivity index (χ3v) is 5.84. The monoisotopic (exact) mass is 374 g/mol. The van der Waals surface area contributed by atoms with Crippen LogP contribution in [0, 0.1) is 6.92 Å². The number of amides is 1. The molecule has 4 heterocycles. The maximum Gasteiger partial charge on any atom is 0.266 e. The van der Waals surface area contributed by atoms with Crippen molar-refractivity contribution in [3.05, 3.63) is 40.7 Å². The van der Waals surface area contributed by atoms with Crippen molar-refractivity contribution in [3.63, 3.8) is 0 Å². The zero-order valence-corrected chi connectivity index (χ0v) is 15.6. The quantitative estimate of drug-likeness (QED) is 0.817. The van der Waals surface area contributed by atoms with Crippen LogP contribution in [-0.4, -0.2) is 66.8 Å². The Balaban J connectivity index is 1.49. The van der Waals surface area contributed by atoms with Crippen LogP contribution in [-0.2, 0) is 9.47 Å². The van der Waals surface area contributed by atoms with Gasteiger partial charge in [-0.2, -0.15) is 0 Å². The molecule has 26 heavy (non-hydrogen) atoms. The molecule has 4 rings (SSSR count). The highest BCUT2D eigenvalue weighted by Crippen LogP contribution is 2.29. The Kier molecular flexibility index (Phi) is 5.14. The molecule has 2 aromatic heterocycles. The molecule has 2 aliphatic heterocycles. The summed E-state index contributed by atoms with van der Waals surface area (Å²) < 4.78 is 11.2. The summed E-state index contributed by atoms with van der Waals surface area (Å²) in [5.41, 5.74) is 1.66. The number of morpholine rings is 2. The van der Waals surface area contributed by atoms with Gasteiger partial charge in [-0.3, -0.25) is 9.78 Å². The van der Waals surface area contributed by atoms with Crippen LogP contribution in [0.3, 0.4) is 0 Å². The van der Waals surface area contributed by atoms with Crippen LogP contribution in [0.15, 0.2) is 24.4 Å². The van der Waals surface area contributed by atoms with Crippen LogP contribution in [0.1, 0.15) is 27.2 Å². The SMILES string of the molecule is Cc1nc(N2CCOCC2)sc1C(=O)N1CCOC(c2ccccn2)C1. The highest BCUT2D eigenvalue weighted by Gasteiger charge is 2.29. The van der Waals surface area contributed by atoms with E-state index in [1.165, 1.54) is 11.3 Å². The first-order valence-corrected chi connectivity index (χ1v) is 9.66. The number of nitrogens with zero attached hydrogens (tertiary/aromatic N) is 4. The van der Waals surface area contributed by atoms with E-state index in [2.05, 4.69) is 14.9 Å². The largest absolute Gasteiger partial charge is 0.378 e. The van der Waals surface area contributed by atoms with Crippen molar-refractivity contribution in [1.29, 1.82) is 0 Å². The molecule has 138 valence electrons. The summed E-state index contributed by atoms with van der Waals surface area (Å²) >= 11 is 1.48. The average Bonchev–Trinajstić information content (AvgIpc) is 3.10. The Morgan fingerprint density at radius 2 is 2.08 bits per heavy atom. The lowest BCUT2D eigenvalue weighted by Crippen LogP contribution is -2.42. The maximum atomic E-state index is 13.1. The maximum absolute atomic E-state index is 13.1. The van der Waals surface area contributed by atoms with Crippen molar-refractivity contribution in [1.82, 2.24) is 14.9 Å². The summed E-state index contributed by atoms with van der Waals surface area (Å²) in [6, 6.07) is 5.75. The van der Waals surface area contributed by atoms with Gasteiger partial charge in [0.05, 0.1) is 37.8 Å². The Morgan fingerprint density at radius 1 is 1.23 bits per heavy atom. The molecule has 0 spiro atoms. The summed E-state index contributed by atoms with van der Waals surface area (Å²) in [6.07, 6.45) is 1.57. The van der Waals surface area contributed by atoms with E-state index >= 15 is 0 Å². The van der Waals surface area contributed by atoms with Crippen LogP contribution in [0.2, 0.25) is 0 Å². The third-order valence-electron chi connectivity index (χ3n) is 4.63. The fourth-order valence-electron chi connectivity index (χ4n) is 3.19. The molecule has 1 atom stereocenters.